The summed E-state index contributed by atoms with van der Waals surface area (Å²) in [6, 6.07) is 0. The van der Waals surface area contributed by atoms with E-state index in [1.165, 1.54) is 11.0 Å². The number of thiol groups is 1. The van der Waals surface area contributed by atoms with E-state index < -0.39 is 23.0 Å². The van der Waals surface area contributed by atoms with Crippen molar-refractivity contribution in [2.45, 2.75) is 25.0 Å². The van der Waals surface area contributed by atoms with E-state index in [1.54, 1.807) is 6.92 Å². The number of hydroxylamine groups is 2. The van der Waals surface area contributed by atoms with Crippen molar-refractivity contribution in [2.24, 2.45) is 5.92 Å². The fourth-order valence-corrected chi connectivity index (χ4v) is 1.61. The van der Waals surface area contributed by atoms with E-state index >= 15 is 0 Å². The van der Waals surface area contributed by atoms with Crippen LogP contribution in [0.2, 0.25) is 0 Å². The highest BCUT2D eigenvalue weighted by Crippen LogP contribution is 2.17. The van der Waals surface area contributed by atoms with E-state index in [-0.39, 0.29) is 6.42 Å². The van der Waals surface area contributed by atoms with E-state index in [1.807, 2.05) is 0 Å². The molecule has 0 saturated heterocycles. The monoisotopic (exact) mass is 222 g/mol. The molecule has 2 amide bonds. The van der Waals surface area contributed by atoms with Crippen LogP contribution in [0.4, 0.5) is 0 Å². The first-order valence-corrected chi connectivity index (χ1v) is 4.63. The van der Waals surface area contributed by atoms with Crippen LogP contribution in [0, 0.1) is 5.92 Å². The Labute approximate surface area is 87.0 Å². The van der Waals surface area contributed by atoms with E-state index in [0.29, 0.717) is 6.42 Å². The lowest BCUT2D eigenvalue weighted by atomic mass is 9.99. The minimum atomic E-state index is -0.616. The van der Waals surface area contributed by atoms with E-state index in [0.717, 1.165) is 0 Å². The molecule has 0 aromatic carbocycles. The normalized spacial score (nSPS) is 14.3. The van der Waals surface area contributed by atoms with Gasteiger partial charge >= 0.3 is 0 Å². The van der Waals surface area contributed by atoms with Gasteiger partial charge in [-0.15, -0.1) is 0 Å². The van der Waals surface area contributed by atoms with E-state index in [9.17, 15) is 9.59 Å². The number of hydrogen-bond donors (Lipinski definition) is 5. The average Bonchev–Trinajstić information content (AvgIpc) is 2.18. The predicted octanol–water partition coefficient (Wildman–Crippen LogP) is -0.288. The van der Waals surface area contributed by atoms with Crippen molar-refractivity contribution >= 4 is 24.4 Å². The van der Waals surface area contributed by atoms with Crippen molar-refractivity contribution in [3.63, 3.8) is 0 Å². The van der Waals surface area contributed by atoms with Gasteiger partial charge in [0.05, 0.1) is 5.92 Å². The summed E-state index contributed by atoms with van der Waals surface area (Å²) in [6.07, 6.45) is 0.352. The van der Waals surface area contributed by atoms with Gasteiger partial charge in [-0.25, -0.2) is 11.0 Å². The Balaban J connectivity index is 4.23. The van der Waals surface area contributed by atoms with Crippen molar-refractivity contribution in [3.05, 3.63) is 0 Å². The molecule has 0 aliphatic rings. The number of carbonyl (C=O) groups excluding carboxylic acids is 2. The standard InChI is InChI=1S/C7H14N2O4S/c1-2-4(7(11)9-13)5(14)3-6(10)8-12/h4-5,12-14H,2-3H2,1H3,(H,8,10)(H,9,11). The lowest BCUT2D eigenvalue weighted by molar-refractivity contribution is -0.134. The molecule has 82 valence electrons. The highest BCUT2D eigenvalue weighted by Gasteiger charge is 2.25. The van der Waals surface area contributed by atoms with Gasteiger partial charge in [0.2, 0.25) is 11.8 Å². The molecule has 4 N–H and O–H groups in total. The largest absolute Gasteiger partial charge is 0.289 e. The number of hydrogen-bond acceptors (Lipinski definition) is 5. The minimum Gasteiger partial charge on any atom is -0.289 e. The SMILES string of the molecule is CCC(C(=O)NO)C(S)CC(=O)NO. The van der Waals surface area contributed by atoms with Gasteiger partial charge in [-0.3, -0.25) is 20.0 Å². The summed E-state index contributed by atoms with van der Waals surface area (Å²) < 4.78 is 0. The van der Waals surface area contributed by atoms with Crippen molar-refractivity contribution in [1.82, 2.24) is 11.0 Å². The first kappa shape index (κ1) is 13.2. The summed E-state index contributed by atoms with van der Waals surface area (Å²) in [5.74, 6) is -1.77. The Morgan fingerprint density at radius 1 is 1.36 bits per heavy atom. The number of amides is 2. The summed E-state index contributed by atoms with van der Waals surface area (Å²) in [5.41, 5.74) is 2.96. The molecule has 14 heavy (non-hydrogen) atoms. The fourth-order valence-electron chi connectivity index (χ4n) is 1.09. The third-order valence-electron chi connectivity index (χ3n) is 1.87. The molecule has 0 rings (SSSR count). The second-order valence-electron chi connectivity index (χ2n) is 2.80. The molecule has 2 atom stereocenters. The van der Waals surface area contributed by atoms with Crippen LogP contribution < -0.4 is 11.0 Å². The molecule has 0 bridgehead atoms. The molecule has 2 unspecified atom stereocenters. The Morgan fingerprint density at radius 2 is 1.93 bits per heavy atom. The highest BCUT2D eigenvalue weighted by atomic mass is 32.1. The summed E-state index contributed by atoms with van der Waals surface area (Å²) in [5, 5.41) is 16.1. The fraction of sp³-hybridized carbons (Fsp3) is 0.714. The molecule has 0 fully saturated rings. The molecule has 6 nitrogen and oxygen atoms in total. The Hall–Kier alpha value is -0.790. The van der Waals surface area contributed by atoms with Gasteiger partial charge in [0, 0.05) is 11.7 Å². The molecule has 0 aromatic rings. The van der Waals surface area contributed by atoms with Gasteiger partial charge in [0.25, 0.3) is 0 Å². The topological polar surface area (TPSA) is 98.7 Å². The number of nitrogens with one attached hydrogen (secondary N) is 2. The molecule has 0 aliphatic heterocycles. The maximum atomic E-state index is 11.1. The van der Waals surface area contributed by atoms with E-state index in [2.05, 4.69) is 12.6 Å². The first-order chi connectivity index (χ1) is 6.56. The van der Waals surface area contributed by atoms with Crippen molar-refractivity contribution < 1.29 is 20.0 Å². The molecular weight excluding hydrogens is 208 g/mol. The van der Waals surface area contributed by atoms with Gasteiger partial charge in [0.1, 0.15) is 0 Å². The molecule has 0 aliphatic carbocycles. The van der Waals surface area contributed by atoms with Gasteiger partial charge < -0.3 is 0 Å². The molecular formula is C7H14N2O4S. The third kappa shape index (κ3) is 3.95. The molecule has 0 heterocycles. The van der Waals surface area contributed by atoms with Gasteiger partial charge in [0.15, 0.2) is 0 Å². The summed E-state index contributed by atoms with van der Waals surface area (Å²) in [4.78, 5) is 21.8. The molecule has 0 saturated carbocycles. The van der Waals surface area contributed by atoms with Gasteiger partial charge in [-0.05, 0) is 6.42 Å². The minimum absolute atomic E-state index is 0.0917. The Kier molecular flexibility index (Phi) is 6.26. The zero-order chi connectivity index (χ0) is 11.1. The van der Waals surface area contributed by atoms with Crippen LogP contribution in [0.3, 0.4) is 0 Å². The zero-order valence-corrected chi connectivity index (χ0v) is 8.62. The zero-order valence-electron chi connectivity index (χ0n) is 7.73. The lowest BCUT2D eigenvalue weighted by Gasteiger charge is -2.18. The smallest absolute Gasteiger partial charge is 0.247 e. The van der Waals surface area contributed by atoms with Crippen LogP contribution in [0.25, 0.3) is 0 Å². The Bertz CT molecular complexity index is 212. The summed E-state index contributed by atoms with van der Waals surface area (Å²) in [6.45, 7) is 1.74. The molecule has 0 radical (unpaired) electrons. The number of carbonyl (C=O) groups is 2. The second kappa shape index (κ2) is 6.63. The van der Waals surface area contributed by atoms with E-state index in [4.69, 9.17) is 10.4 Å². The number of rotatable bonds is 5. The van der Waals surface area contributed by atoms with Crippen LogP contribution in [0.1, 0.15) is 19.8 Å². The van der Waals surface area contributed by atoms with Gasteiger partial charge in [-0.2, -0.15) is 12.6 Å². The lowest BCUT2D eigenvalue weighted by Crippen LogP contribution is -2.36. The first-order valence-electron chi connectivity index (χ1n) is 4.11. The molecule has 7 heteroatoms. The van der Waals surface area contributed by atoms with Crippen molar-refractivity contribution in [3.8, 4) is 0 Å². The predicted molar refractivity (Wildman–Crippen MR) is 51.0 cm³/mol. The maximum Gasteiger partial charge on any atom is 0.247 e. The molecule has 0 spiro atoms. The third-order valence-corrected chi connectivity index (χ3v) is 2.41. The van der Waals surface area contributed by atoms with Gasteiger partial charge in [-0.1, -0.05) is 6.92 Å². The average molecular weight is 222 g/mol. The maximum absolute atomic E-state index is 11.1. The molecule has 0 aromatic heterocycles. The summed E-state index contributed by atoms with van der Waals surface area (Å²) >= 11 is 4.05. The van der Waals surface area contributed by atoms with Crippen LogP contribution in [0.15, 0.2) is 0 Å². The van der Waals surface area contributed by atoms with Crippen LogP contribution in [0.5, 0.6) is 0 Å². The van der Waals surface area contributed by atoms with Crippen LogP contribution in [-0.2, 0) is 9.59 Å². The Morgan fingerprint density at radius 3 is 2.29 bits per heavy atom. The second-order valence-corrected chi connectivity index (χ2v) is 3.46. The quantitative estimate of drug-likeness (QED) is 0.251. The van der Waals surface area contributed by atoms with Crippen LogP contribution in [-0.4, -0.2) is 27.5 Å². The van der Waals surface area contributed by atoms with Crippen LogP contribution >= 0.6 is 12.6 Å². The van der Waals surface area contributed by atoms with Crippen molar-refractivity contribution in [2.75, 3.05) is 0 Å². The summed E-state index contributed by atoms with van der Waals surface area (Å²) in [7, 11) is 0. The van der Waals surface area contributed by atoms with Crippen molar-refractivity contribution in [1.29, 1.82) is 0 Å². The highest BCUT2D eigenvalue weighted by molar-refractivity contribution is 7.81.